The molecule has 10 heteroatoms. The molecule has 2 unspecified atom stereocenters. The molecule has 24 heavy (non-hydrogen) atoms. The van der Waals surface area contributed by atoms with Crippen molar-refractivity contribution in [3.8, 4) is 0 Å². The number of rotatable bonds is 11. The summed E-state index contributed by atoms with van der Waals surface area (Å²) in [4.78, 5) is 19.5. The van der Waals surface area contributed by atoms with Gasteiger partial charge in [0.2, 0.25) is 0 Å². The minimum absolute atomic E-state index is 0.548. The first kappa shape index (κ1) is 25.2. The largest absolute Gasteiger partial charge is 0.501 e. The number of hydrogen-bond acceptors (Lipinski definition) is 7. The van der Waals surface area contributed by atoms with E-state index in [1.165, 1.54) is 0 Å². The summed E-state index contributed by atoms with van der Waals surface area (Å²) < 4.78 is 17.1. The summed E-state index contributed by atoms with van der Waals surface area (Å²) in [7, 11) is -2.36. The lowest BCUT2D eigenvalue weighted by atomic mass is 10.2. The fourth-order valence-electron chi connectivity index (χ4n) is 1.73. The van der Waals surface area contributed by atoms with E-state index in [0.29, 0.717) is 25.7 Å². The standard InChI is InChI=1S/C10H24O3Si.C4H6O6/c1-6-11-14(12-7-2,13-8-3)9-10(4)5;5-1(3(7)8)2(6)4(9)10/h10H,6-9H2,1-5H3;1-2,5-6H,(H,7,8)(H,9,10). The van der Waals surface area contributed by atoms with Gasteiger partial charge in [0, 0.05) is 25.9 Å². The summed E-state index contributed by atoms with van der Waals surface area (Å²) >= 11 is 0. The van der Waals surface area contributed by atoms with Gasteiger partial charge in [-0.1, -0.05) is 13.8 Å². The lowest BCUT2D eigenvalue weighted by Crippen LogP contribution is -2.46. The van der Waals surface area contributed by atoms with E-state index in [4.69, 9.17) is 33.7 Å². The molecule has 0 aromatic heterocycles. The number of carboxylic acids is 2. The van der Waals surface area contributed by atoms with Crippen molar-refractivity contribution in [2.75, 3.05) is 19.8 Å². The van der Waals surface area contributed by atoms with Crippen molar-refractivity contribution in [2.45, 2.75) is 52.9 Å². The highest BCUT2D eigenvalue weighted by molar-refractivity contribution is 6.60. The minimum atomic E-state index is -2.36. The van der Waals surface area contributed by atoms with Crippen molar-refractivity contribution in [1.29, 1.82) is 0 Å². The van der Waals surface area contributed by atoms with Gasteiger partial charge in [-0.15, -0.1) is 0 Å². The molecule has 0 saturated heterocycles. The summed E-state index contributed by atoms with van der Waals surface area (Å²) in [5.74, 6) is -2.99. The molecule has 0 aromatic rings. The Hall–Kier alpha value is -1.04. The quantitative estimate of drug-likeness (QED) is 0.384. The van der Waals surface area contributed by atoms with Gasteiger partial charge in [0.05, 0.1) is 0 Å². The Morgan fingerprint density at radius 2 is 1.12 bits per heavy atom. The van der Waals surface area contributed by atoms with Crippen LogP contribution < -0.4 is 0 Å². The molecule has 0 bridgehead atoms. The van der Waals surface area contributed by atoms with Crippen molar-refractivity contribution in [2.24, 2.45) is 5.92 Å². The predicted octanol–water partition coefficient (Wildman–Crippen LogP) is 0.568. The molecule has 0 radical (unpaired) electrons. The number of aliphatic hydroxyl groups is 2. The van der Waals surface area contributed by atoms with Gasteiger partial charge in [0.15, 0.2) is 12.2 Å². The molecule has 144 valence electrons. The van der Waals surface area contributed by atoms with Gasteiger partial charge in [0.25, 0.3) is 0 Å². The molecule has 9 nitrogen and oxygen atoms in total. The minimum Gasteiger partial charge on any atom is -0.479 e. The fraction of sp³-hybridized carbons (Fsp3) is 0.857. The number of carbonyl (C=O) groups is 2. The number of hydrogen-bond donors (Lipinski definition) is 4. The zero-order valence-corrected chi connectivity index (χ0v) is 15.9. The van der Waals surface area contributed by atoms with Crippen LogP contribution in [-0.2, 0) is 22.9 Å². The van der Waals surface area contributed by atoms with E-state index in [9.17, 15) is 9.59 Å². The molecular weight excluding hydrogens is 340 g/mol. The Morgan fingerprint density at radius 1 is 0.833 bits per heavy atom. The van der Waals surface area contributed by atoms with Gasteiger partial charge in [-0.05, 0) is 26.7 Å². The van der Waals surface area contributed by atoms with Crippen LogP contribution in [0.1, 0.15) is 34.6 Å². The van der Waals surface area contributed by atoms with Crippen LogP contribution >= 0.6 is 0 Å². The van der Waals surface area contributed by atoms with Crippen LogP contribution in [0.4, 0.5) is 0 Å². The maximum atomic E-state index is 9.77. The lowest BCUT2D eigenvalue weighted by Gasteiger charge is -2.29. The first-order chi connectivity index (χ1) is 11.1. The van der Waals surface area contributed by atoms with Crippen molar-refractivity contribution in [3.05, 3.63) is 0 Å². The van der Waals surface area contributed by atoms with Crippen LogP contribution in [0.2, 0.25) is 6.04 Å². The number of aliphatic carboxylic acids is 2. The summed E-state index contributed by atoms with van der Waals surface area (Å²) in [5.41, 5.74) is 0. The average Bonchev–Trinajstić information content (AvgIpc) is 2.46. The topological polar surface area (TPSA) is 143 Å². The molecule has 0 aliphatic rings. The molecule has 0 heterocycles. The van der Waals surface area contributed by atoms with Crippen molar-refractivity contribution >= 4 is 20.7 Å². The molecule has 0 amide bonds. The second kappa shape index (κ2) is 13.3. The van der Waals surface area contributed by atoms with E-state index in [1.807, 2.05) is 20.8 Å². The van der Waals surface area contributed by atoms with Crippen LogP contribution in [0.15, 0.2) is 0 Å². The lowest BCUT2D eigenvalue weighted by molar-refractivity contribution is -0.165. The van der Waals surface area contributed by atoms with Crippen LogP contribution in [0.25, 0.3) is 0 Å². The molecule has 0 aliphatic heterocycles. The molecule has 0 fully saturated rings. The van der Waals surface area contributed by atoms with E-state index in [-0.39, 0.29) is 0 Å². The summed E-state index contributed by atoms with van der Waals surface area (Å²) in [6.07, 6.45) is -4.53. The maximum Gasteiger partial charge on any atom is 0.501 e. The number of aliphatic hydroxyl groups excluding tert-OH is 2. The van der Waals surface area contributed by atoms with Crippen molar-refractivity contribution in [3.63, 3.8) is 0 Å². The van der Waals surface area contributed by atoms with E-state index < -0.39 is 33.0 Å². The first-order valence-corrected chi connectivity index (χ1v) is 9.73. The van der Waals surface area contributed by atoms with Gasteiger partial charge in [0.1, 0.15) is 0 Å². The second-order valence-electron chi connectivity index (χ2n) is 5.15. The summed E-state index contributed by atoms with van der Waals surface area (Å²) in [6.45, 7) is 12.3. The summed E-state index contributed by atoms with van der Waals surface area (Å²) in [6, 6.07) is 0.905. The Balaban J connectivity index is 0. The monoisotopic (exact) mass is 370 g/mol. The molecule has 0 saturated carbocycles. The highest BCUT2D eigenvalue weighted by Crippen LogP contribution is 2.21. The van der Waals surface area contributed by atoms with Gasteiger partial charge >= 0.3 is 20.7 Å². The zero-order chi connectivity index (χ0) is 19.3. The third-order valence-corrected chi connectivity index (χ3v) is 6.06. The first-order valence-electron chi connectivity index (χ1n) is 7.80. The summed E-state index contributed by atoms with van der Waals surface area (Å²) in [5, 5.41) is 32.5. The Labute approximate surface area is 143 Å². The molecule has 0 spiro atoms. The SMILES string of the molecule is CCO[Si](CC(C)C)(OCC)OCC.O=C(O)C(O)C(O)C(=O)O. The highest BCUT2D eigenvalue weighted by Gasteiger charge is 2.40. The van der Waals surface area contributed by atoms with Crippen LogP contribution in [0.5, 0.6) is 0 Å². The average molecular weight is 370 g/mol. The van der Waals surface area contributed by atoms with Gasteiger partial charge in [-0.2, -0.15) is 0 Å². The Bertz CT molecular complexity index is 327. The molecule has 0 aromatic carbocycles. The van der Waals surface area contributed by atoms with E-state index in [0.717, 1.165) is 6.04 Å². The normalized spacial score (nSPS) is 13.8. The van der Waals surface area contributed by atoms with E-state index >= 15 is 0 Å². The van der Waals surface area contributed by atoms with Gasteiger partial charge in [-0.25, -0.2) is 9.59 Å². The van der Waals surface area contributed by atoms with E-state index in [2.05, 4.69) is 13.8 Å². The molecule has 0 rings (SSSR count). The second-order valence-corrected chi connectivity index (χ2v) is 7.79. The van der Waals surface area contributed by atoms with Gasteiger partial charge in [-0.3, -0.25) is 0 Å². The maximum absolute atomic E-state index is 9.77. The van der Waals surface area contributed by atoms with Crippen LogP contribution in [0.3, 0.4) is 0 Å². The van der Waals surface area contributed by atoms with Crippen LogP contribution in [0, 0.1) is 5.92 Å². The van der Waals surface area contributed by atoms with Crippen LogP contribution in [-0.4, -0.2) is 73.2 Å². The van der Waals surface area contributed by atoms with Crippen molar-refractivity contribution < 1.29 is 43.3 Å². The molecule has 0 aliphatic carbocycles. The van der Waals surface area contributed by atoms with Gasteiger partial charge < -0.3 is 33.7 Å². The smallest absolute Gasteiger partial charge is 0.479 e. The highest BCUT2D eigenvalue weighted by atomic mass is 28.4. The Morgan fingerprint density at radius 3 is 1.29 bits per heavy atom. The fourth-order valence-corrected chi connectivity index (χ4v) is 4.65. The van der Waals surface area contributed by atoms with Crippen molar-refractivity contribution in [1.82, 2.24) is 0 Å². The number of carboxylic acid groups (broad SMARTS) is 2. The molecular formula is C14H30O9Si. The van der Waals surface area contributed by atoms with E-state index in [1.54, 1.807) is 0 Å². The molecule has 2 atom stereocenters. The predicted molar refractivity (Wildman–Crippen MR) is 87.6 cm³/mol. The third-order valence-electron chi connectivity index (χ3n) is 2.56. The Kier molecular flexibility index (Phi) is 13.9. The third kappa shape index (κ3) is 10.7. The zero-order valence-electron chi connectivity index (χ0n) is 14.9. The molecule has 4 N–H and O–H groups in total.